The molecule has 1 aromatic heterocycles. The number of nitrogens with zero attached hydrogens (tertiary/aromatic N) is 3. The number of hydrogen-bond acceptors (Lipinski definition) is 4. The summed E-state index contributed by atoms with van der Waals surface area (Å²) in [7, 11) is 0. The van der Waals surface area contributed by atoms with Crippen LogP contribution in [0.1, 0.15) is 13.3 Å². The molecule has 1 fully saturated rings. The highest BCUT2D eigenvalue weighted by atomic mass is 32.2. The Hall–Kier alpha value is -1.50. The molecule has 7 heteroatoms. The molecule has 1 saturated heterocycles. The van der Waals surface area contributed by atoms with Crippen LogP contribution in [0, 0.1) is 0 Å². The number of thioether (sulfide) groups is 1. The van der Waals surface area contributed by atoms with Gasteiger partial charge >= 0.3 is 0 Å². The average molecular weight is 282 g/mol. The van der Waals surface area contributed by atoms with Gasteiger partial charge in [-0.1, -0.05) is 11.8 Å². The van der Waals surface area contributed by atoms with Crippen molar-refractivity contribution in [2.75, 3.05) is 18.8 Å². The predicted molar refractivity (Wildman–Crippen MR) is 73.9 cm³/mol. The number of hydrogen-bond donors (Lipinski definition) is 1. The van der Waals surface area contributed by atoms with Crippen LogP contribution in [0.4, 0.5) is 4.79 Å². The van der Waals surface area contributed by atoms with E-state index in [1.165, 1.54) is 11.8 Å². The van der Waals surface area contributed by atoms with Crippen LogP contribution in [0.5, 0.6) is 0 Å². The minimum absolute atomic E-state index is 0.0237. The number of carbonyl (C=O) groups is 2. The summed E-state index contributed by atoms with van der Waals surface area (Å²) in [4.78, 5) is 24.9. The van der Waals surface area contributed by atoms with Gasteiger partial charge in [0.2, 0.25) is 5.91 Å². The van der Waals surface area contributed by atoms with Gasteiger partial charge in [-0.15, -0.1) is 0 Å². The lowest BCUT2D eigenvalue weighted by Gasteiger charge is -2.17. The molecule has 0 spiro atoms. The molecule has 0 saturated carbocycles. The summed E-state index contributed by atoms with van der Waals surface area (Å²) in [5, 5.41) is 7.09. The lowest BCUT2D eigenvalue weighted by atomic mass is 10.3. The molecule has 1 atom stereocenters. The molecule has 0 unspecified atom stereocenters. The molecule has 1 aromatic rings. The van der Waals surface area contributed by atoms with E-state index < -0.39 is 0 Å². The Bertz CT molecular complexity index is 435. The van der Waals surface area contributed by atoms with E-state index in [4.69, 9.17) is 0 Å². The van der Waals surface area contributed by atoms with Crippen LogP contribution in [-0.4, -0.2) is 50.7 Å². The van der Waals surface area contributed by atoms with Gasteiger partial charge < -0.3 is 10.2 Å². The second-order valence-electron chi connectivity index (χ2n) is 4.55. The lowest BCUT2D eigenvalue weighted by Crippen LogP contribution is -2.38. The van der Waals surface area contributed by atoms with Crippen molar-refractivity contribution < 1.29 is 9.59 Å². The standard InChI is InChI=1S/C12H18N4O2S/c1-10(9-16-5-2-4-13-16)14-11(17)3-6-15-7-8-19-12(15)18/h2,4-5,10H,3,6-9H2,1H3,(H,14,17)/t10-/m1/s1. The summed E-state index contributed by atoms with van der Waals surface area (Å²) < 4.78 is 1.78. The third-order valence-corrected chi connectivity index (χ3v) is 3.77. The van der Waals surface area contributed by atoms with Crippen LogP contribution in [-0.2, 0) is 11.3 Å². The first-order valence-corrected chi connectivity index (χ1v) is 7.32. The first-order valence-electron chi connectivity index (χ1n) is 6.33. The van der Waals surface area contributed by atoms with Gasteiger partial charge in [-0.25, -0.2) is 0 Å². The normalized spacial score (nSPS) is 16.7. The molecule has 2 amide bonds. The molecular weight excluding hydrogens is 264 g/mol. The fourth-order valence-corrected chi connectivity index (χ4v) is 2.80. The Morgan fingerprint density at radius 2 is 2.47 bits per heavy atom. The van der Waals surface area contributed by atoms with Gasteiger partial charge in [-0.3, -0.25) is 14.3 Å². The molecule has 6 nitrogen and oxygen atoms in total. The van der Waals surface area contributed by atoms with Crippen molar-refractivity contribution in [2.24, 2.45) is 0 Å². The number of nitrogens with one attached hydrogen (secondary N) is 1. The molecule has 1 aliphatic rings. The summed E-state index contributed by atoms with van der Waals surface area (Å²) in [5.41, 5.74) is 0. The van der Waals surface area contributed by atoms with Crippen LogP contribution in [0.25, 0.3) is 0 Å². The summed E-state index contributed by atoms with van der Waals surface area (Å²) >= 11 is 1.32. The molecule has 1 aliphatic heterocycles. The van der Waals surface area contributed by atoms with E-state index in [2.05, 4.69) is 10.4 Å². The maximum Gasteiger partial charge on any atom is 0.281 e. The number of rotatable bonds is 6. The van der Waals surface area contributed by atoms with Crippen molar-refractivity contribution >= 4 is 22.9 Å². The van der Waals surface area contributed by atoms with E-state index in [0.717, 1.165) is 12.3 Å². The van der Waals surface area contributed by atoms with E-state index in [-0.39, 0.29) is 17.2 Å². The second kappa shape index (κ2) is 6.60. The molecule has 0 radical (unpaired) electrons. The largest absolute Gasteiger partial charge is 0.352 e. The van der Waals surface area contributed by atoms with E-state index in [0.29, 0.717) is 19.5 Å². The van der Waals surface area contributed by atoms with Gasteiger partial charge in [0.05, 0.1) is 6.54 Å². The highest BCUT2D eigenvalue weighted by Gasteiger charge is 2.21. The first kappa shape index (κ1) is 13.9. The van der Waals surface area contributed by atoms with Crippen molar-refractivity contribution in [3.63, 3.8) is 0 Å². The Morgan fingerprint density at radius 1 is 1.63 bits per heavy atom. The zero-order valence-corrected chi connectivity index (χ0v) is 11.7. The van der Waals surface area contributed by atoms with Gasteiger partial charge in [0.1, 0.15) is 0 Å². The predicted octanol–water partition coefficient (Wildman–Crippen LogP) is 0.947. The maximum absolute atomic E-state index is 11.8. The Balaban J connectivity index is 1.67. The van der Waals surface area contributed by atoms with Crippen molar-refractivity contribution in [2.45, 2.75) is 25.9 Å². The third-order valence-electron chi connectivity index (χ3n) is 2.88. The van der Waals surface area contributed by atoms with Crippen LogP contribution in [0.2, 0.25) is 0 Å². The minimum Gasteiger partial charge on any atom is -0.352 e. The van der Waals surface area contributed by atoms with E-state index >= 15 is 0 Å². The monoisotopic (exact) mass is 282 g/mol. The van der Waals surface area contributed by atoms with Gasteiger partial charge in [0, 0.05) is 43.7 Å². The van der Waals surface area contributed by atoms with E-state index in [1.54, 1.807) is 15.8 Å². The molecule has 2 rings (SSSR count). The van der Waals surface area contributed by atoms with Crippen LogP contribution in [0.3, 0.4) is 0 Å². The van der Waals surface area contributed by atoms with Crippen LogP contribution >= 0.6 is 11.8 Å². The molecule has 2 heterocycles. The summed E-state index contributed by atoms with van der Waals surface area (Å²) in [6.45, 7) is 3.85. The highest BCUT2D eigenvalue weighted by Crippen LogP contribution is 2.16. The lowest BCUT2D eigenvalue weighted by molar-refractivity contribution is -0.121. The second-order valence-corrected chi connectivity index (χ2v) is 5.59. The molecule has 104 valence electrons. The zero-order valence-electron chi connectivity index (χ0n) is 10.9. The van der Waals surface area contributed by atoms with E-state index in [9.17, 15) is 9.59 Å². The van der Waals surface area contributed by atoms with Gasteiger partial charge in [-0.2, -0.15) is 5.10 Å². The number of amides is 2. The van der Waals surface area contributed by atoms with E-state index in [1.807, 2.05) is 19.2 Å². The zero-order chi connectivity index (χ0) is 13.7. The Labute approximate surface area is 116 Å². The molecule has 0 aliphatic carbocycles. The quantitative estimate of drug-likeness (QED) is 0.843. The summed E-state index contributed by atoms with van der Waals surface area (Å²) in [5.74, 6) is 0.806. The SMILES string of the molecule is C[C@H](Cn1cccn1)NC(=O)CCN1CCSC1=O. The smallest absolute Gasteiger partial charge is 0.281 e. The first-order chi connectivity index (χ1) is 9.15. The van der Waals surface area contributed by atoms with Crippen molar-refractivity contribution in [3.05, 3.63) is 18.5 Å². The fraction of sp³-hybridized carbons (Fsp3) is 0.583. The molecule has 1 N–H and O–H groups in total. The topological polar surface area (TPSA) is 67.2 Å². The summed E-state index contributed by atoms with van der Waals surface area (Å²) in [6.07, 6.45) is 3.93. The van der Waals surface area contributed by atoms with Gasteiger partial charge in [0.25, 0.3) is 5.24 Å². The third kappa shape index (κ3) is 4.27. The number of carbonyl (C=O) groups excluding carboxylic acids is 2. The maximum atomic E-state index is 11.8. The average Bonchev–Trinajstić information content (AvgIpc) is 2.98. The Morgan fingerprint density at radius 3 is 3.11 bits per heavy atom. The van der Waals surface area contributed by atoms with Crippen LogP contribution < -0.4 is 5.32 Å². The Kier molecular flexibility index (Phi) is 4.84. The highest BCUT2D eigenvalue weighted by molar-refractivity contribution is 8.13. The van der Waals surface area contributed by atoms with Gasteiger partial charge in [-0.05, 0) is 13.0 Å². The van der Waals surface area contributed by atoms with Crippen molar-refractivity contribution in [3.8, 4) is 0 Å². The van der Waals surface area contributed by atoms with Gasteiger partial charge in [0.15, 0.2) is 0 Å². The molecule has 0 aromatic carbocycles. The number of aromatic nitrogens is 2. The molecule has 19 heavy (non-hydrogen) atoms. The minimum atomic E-state index is -0.0237. The molecule has 0 bridgehead atoms. The van der Waals surface area contributed by atoms with Crippen molar-refractivity contribution in [1.29, 1.82) is 0 Å². The summed E-state index contributed by atoms with van der Waals surface area (Å²) in [6, 6.07) is 1.88. The molecular formula is C12H18N4O2S. The van der Waals surface area contributed by atoms with Crippen LogP contribution in [0.15, 0.2) is 18.5 Å². The van der Waals surface area contributed by atoms with Crippen molar-refractivity contribution in [1.82, 2.24) is 20.0 Å². The fourth-order valence-electron chi connectivity index (χ4n) is 1.95.